The molecule has 3 aliphatic heterocycles. The van der Waals surface area contributed by atoms with Gasteiger partial charge in [0.25, 0.3) is 17.6 Å². The lowest BCUT2D eigenvalue weighted by Gasteiger charge is -2.35. The van der Waals surface area contributed by atoms with Gasteiger partial charge in [-0.25, -0.2) is 43.1 Å². The predicted octanol–water partition coefficient (Wildman–Crippen LogP) is 13.1. The summed E-state index contributed by atoms with van der Waals surface area (Å²) in [6, 6.07) is 24.2. The van der Waals surface area contributed by atoms with Gasteiger partial charge in [-0.05, 0) is 125 Å². The van der Waals surface area contributed by atoms with Crippen molar-refractivity contribution < 1.29 is 54.9 Å². The molecule has 0 spiro atoms. The van der Waals surface area contributed by atoms with Gasteiger partial charge in [-0.2, -0.15) is 28.1 Å². The fraction of sp³-hybridized carbons (Fsp3) is 0.280. The van der Waals surface area contributed by atoms with E-state index in [1.807, 2.05) is 18.2 Å². The van der Waals surface area contributed by atoms with Gasteiger partial charge in [0.15, 0.2) is 52.2 Å². The summed E-state index contributed by atoms with van der Waals surface area (Å²) in [4.78, 5) is 83.5. The van der Waals surface area contributed by atoms with Gasteiger partial charge >= 0.3 is 0 Å². The van der Waals surface area contributed by atoms with Crippen molar-refractivity contribution >= 4 is 102 Å². The lowest BCUT2D eigenvalue weighted by atomic mass is 10.2. The number of fused-ring (bicyclic) bond motifs is 3. The molecule has 0 bridgehead atoms. The zero-order valence-electron chi connectivity index (χ0n) is 60.1. The Morgan fingerprint density at radius 3 is 1.02 bits per heavy atom. The van der Waals surface area contributed by atoms with E-state index in [1.165, 1.54) is 58.7 Å². The zero-order valence-corrected chi connectivity index (χ0v) is 60.1. The highest BCUT2D eigenvalue weighted by Crippen LogP contribution is 2.38. The van der Waals surface area contributed by atoms with E-state index in [9.17, 15) is 14.4 Å². The first-order chi connectivity index (χ1) is 52.1. The number of carbonyl (C=O) groups is 3. The topological polar surface area (TPSA) is 274 Å². The number of nitrogens with one attached hydrogen (secondary N) is 4. The summed E-state index contributed by atoms with van der Waals surface area (Å²) in [6.45, 7) is 23.7. The van der Waals surface area contributed by atoms with E-state index < -0.39 is 52.5 Å². The highest BCUT2D eigenvalue weighted by Gasteiger charge is 2.26. The van der Waals surface area contributed by atoms with Crippen LogP contribution in [0.25, 0.3) is 32.7 Å². The van der Waals surface area contributed by atoms with Gasteiger partial charge in [0, 0.05) is 133 Å². The monoisotopic (exact) mass is 1480 g/mol. The average molecular weight is 1480 g/mol. The predicted molar refractivity (Wildman–Crippen MR) is 397 cm³/mol. The molecule has 3 fully saturated rings. The van der Waals surface area contributed by atoms with Crippen LogP contribution in [0.4, 0.5) is 78.3 Å². The lowest BCUT2D eigenvalue weighted by molar-refractivity contribution is 0.0931. The maximum Gasteiger partial charge on any atom is 0.261 e. The fourth-order valence-electron chi connectivity index (χ4n) is 13.0. The fourth-order valence-corrected chi connectivity index (χ4v) is 13.0. The number of anilines is 9. The van der Waals surface area contributed by atoms with Crippen molar-refractivity contribution in [1.82, 2.24) is 73.7 Å². The average Bonchev–Trinajstić information content (AvgIpc) is 1.63. The summed E-state index contributed by atoms with van der Waals surface area (Å²) in [6.07, 6.45) is 8.53. The van der Waals surface area contributed by atoms with Gasteiger partial charge in [-0.15, -0.1) is 0 Å². The summed E-state index contributed by atoms with van der Waals surface area (Å²) in [7, 11) is 2.09. The number of nitrogens with zero attached hydrogens (tertiary/aromatic N) is 17. The van der Waals surface area contributed by atoms with Crippen LogP contribution in [0.2, 0.25) is 0 Å². The Morgan fingerprint density at radius 1 is 0.407 bits per heavy atom. The van der Waals surface area contributed by atoms with Gasteiger partial charge in [-0.1, -0.05) is 6.92 Å². The van der Waals surface area contributed by atoms with Gasteiger partial charge in [0.05, 0.1) is 52.2 Å². The number of pyridine rings is 3. The number of piperazine rings is 3. The normalized spacial score (nSPS) is 14.1. The van der Waals surface area contributed by atoms with Crippen LogP contribution in [-0.4, -0.2) is 178 Å². The molecule has 9 aromatic heterocycles. The molecule has 0 saturated carbocycles. The van der Waals surface area contributed by atoms with Crippen LogP contribution >= 0.6 is 0 Å². The number of ether oxygens (including phenoxy) is 3. The molecule has 12 heterocycles. The molecule has 108 heavy (non-hydrogen) atoms. The standard InChI is InChI=1S/C26H27F2N7O2.C25H25F2N7O2.C24H23F2N7O2/c1-4-33-9-11-34(12-10-33)18-5-8-22(29-14-18)32-25-24(28)26(31-15-30-25)37-21-7-6-20-19(23(21)27)13-16(2)35(20)17(3)36;1-15-12-18-19(34(15)16(2)35)5-6-20(22(18)26)36-25-23(27)24(29-14-30-25)31-21-7-4-17(13-28-21)33-10-8-32(3)9-11-33;1-14-11-17-18(33(14)15(2)34)4-5-19(21(17)25)35-24-22(26)23(29-13-30-24)31-20-6-3-16(12-28-20)32-9-7-27-8-10-32/h5-8,13-15H,4,9-12H2,1-3H3,(H,29,30,31,32);4-7,12-14H,8-11H2,1-3H3,(H,28,29,30,31);3-6,11-13,27H,7-10H2,1-2H3,(H,28,29,30,31). The molecule has 3 saturated heterocycles. The van der Waals surface area contributed by atoms with E-state index in [-0.39, 0.29) is 68.6 Å². The Kier molecular flexibility index (Phi) is 22.0. The molecule has 558 valence electrons. The SMILES string of the molecule is CC(=O)n1c(C)cc2c(F)c(Oc3ncnc(Nc4ccc(N5CCN(C)CC5)cn4)c3F)ccc21.CC(=O)n1c(C)cc2c(F)c(Oc3ncnc(Nc4ccc(N5CCNCC5)cn4)c3F)ccc21.CCN1CCN(c2ccc(Nc3ncnc(Oc4ccc5c(cc(C)n5C(C)=O)c4F)c3F)nc2)CC1. The molecule has 0 radical (unpaired) electrons. The Bertz CT molecular complexity index is 5320. The summed E-state index contributed by atoms with van der Waals surface area (Å²) in [5, 5.41) is 12.3. The smallest absolute Gasteiger partial charge is 0.261 e. The molecule has 0 aliphatic carbocycles. The van der Waals surface area contributed by atoms with E-state index in [1.54, 1.807) is 87.9 Å². The summed E-state index contributed by atoms with van der Waals surface area (Å²) in [5.74, 6) is -6.81. The van der Waals surface area contributed by atoms with Crippen molar-refractivity contribution in [2.24, 2.45) is 0 Å². The van der Waals surface area contributed by atoms with Crippen LogP contribution in [0.15, 0.2) is 129 Å². The Labute approximate surface area is 615 Å². The molecule has 0 unspecified atom stereocenters. The minimum Gasteiger partial charge on any atom is -0.433 e. The number of halogens is 6. The van der Waals surface area contributed by atoms with Crippen LogP contribution in [-0.2, 0) is 0 Å². The highest BCUT2D eigenvalue weighted by molar-refractivity contribution is 5.96. The van der Waals surface area contributed by atoms with E-state index in [0.29, 0.717) is 51.1 Å². The number of aryl methyl sites for hydroxylation is 3. The molecule has 4 N–H and O–H groups in total. The van der Waals surface area contributed by atoms with E-state index >= 15 is 26.3 Å². The van der Waals surface area contributed by atoms with Crippen molar-refractivity contribution in [3.8, 4) is 34.9 Å². The number of hydrogen-bond donors (Lipinski definition) is 4. The molecule has 3 aliphatic rings. The van der Waals surface area contributed by atoms with Gasteiger partial charge in [0.1, 0.15) is 36.4 Å². The van der Waals surface area contributed by atoms with E-state index in [0.717, 1.165) is 121 Å². The molecule has 0 amide bonds. The number of likely N-dealkylation sites (N-methyl/N-ethyl adjacent to an activating group) is 2. The third-order valence-corrected chi connectivity index (χ3v) is 18.6. The number of benzene rings is 3. The molecular formula is C75H75F6N21O6. The second-order valence-electron chi connectivity index (χ2n) is 25.7. The summed E-state index contributed by atoms with van der Waals surface area (Å²) < 4.78 is 112. The minimum atomic E-state index is -0.891. The molecular weight excluding hydrogens is 1400 g/mol. The minimum absolute atomic E-state index is 0.151. The first-order valence-corrected chi connectivity index (χ1v) is 34.6. The Morgan fingerprint density at radius 2 is 0.722 bits per heavy atom. The van der Waals surface area contributed by atoms with Crippen molar-refractivity contribution in [1.29, 1.82) is 0 Å². The largest absolute Gasteiger partial charge is 0.433 e. The van der Waals surface area contributed by atoms with Crippen molar-refractivity contribution in [2.75, 3.05) is 123 Å². The van der Waals surface area contributed by atoms with Crippen LogP contribution in [0, 0.1) is 55.7 Å². The molecule has 15 rings (SSSR count). The summed E-state index contributed by atoms with van der Waals surface area (Å²) >= 11 is 0. The highest BCUT2D eigenvalue weighted by atomic mass is 19.1. The molecule has 0 atom stereocenters. The van der Waals surface area contributed by atoms with Crippen molar-refractivity contribution in [3.63, 3.8) is 0 Å². The van der Waals surface area contributed by atoms with Crippen LogP contribution < -0.4 is 50.2 Å². The number of hydrogen-bond acceptors (Lipinski definition) is 24. The quantitative estimate of drug-likeness (QED) is 0.0654. The Hall–Kier alpha value is -12.4. The number of aromatic nitrogens is 12. The van der Waals surface area contributed by atoms with Crippen LogP contribution in [0.5, 0.6) is 34.9 Å². The molecule has 3 aromatic carbocycles. The zero-order chi connectivity index (χ0) is 76.0. The number of carbonyl (C=O) groups excluding carboxylic acids is 3. The lowest BCUT2D eigenvalue weighted by Crippen LogP contribution is -2.46. The van der Waals surface area contributed by atoms with Crippen molar-refractivity contribution in [2.45, 2.75) is 48.5 Å². The second kappa shape index (κ2) is 32.2. The van der Waals surface area contributed by atoms with Crippen molar-refractivity contribution in [3.05, 3.63) is 181 Å². The second-order valence-corrected chi connectivity index (χ2v) is 25.7. The maximum atomic E-state index is 15.2. The van der Waals surface area contributed by atoms with Gasteiger partial charge in [-0.3, -0.25) is 28.1 Å². The molecule has 12 aromatic rings. The van der Waals surface area contributed by atoms with Gasteiger partial charge in [0.2, 0.25) is 35.2 Å². The van der Waals surface area contributed by atoms with Gasteiger partial charge < -0.3 is 60.0 Å². The van der Waals surface area contributed by atoms with E-state index in [2.05, 4.69) is 105 Å². The Balaban J connectivity index is 0.000000143. The maximum absolute atomic E-state index is 15.2. The third kappa shape index (κ3) is 15.9. The third-order valence-electron chi connectivity index (χ3n) is 18.6. The molecule has 33 heteroatoms. The van der Waals surface area contributed by atoms with Crippen LogP contribution in [0.1, 0.15) is 59.2 Å². The van der Waals surface area contributed by atoms with E-state index in [4.69, 9.17) is 14.2 Å². The number of rotatable bonds is 16. The summed E-state index contributed by atoms with van der Waals surface area (Å²) in [5.41, 5.74) is 5.92. The first-order valence-electron chi connectivity index (χ1n) is 34.6. The van der Waals surface area contributed by atoms with Crippen LogP contribution in [0.3, 0.4) is 0 Å². The molecule has 27 nitrogen and oxygen atoms in total. The first kappa shape index (κ1) is 73.9.